The summed E-state index contributed by atoms with van der Waals surface area (Å²) in [6, 6.07) is 12.0. The first-order valence-electron chi connectivity index (χ1n) is 7.23. The molecule has 118 valence electrons. The second kappa shape index (κ2) is 7.38. The molecular formula is C17H15BrN2OS2. The number of anilines is 1. The Bertz CT molecular complexity index is 808. The van der Waals surface area contributed by atoms with E-state index < -0.39 is 0 Å². The van der Waals surface area contributed by atoms with Crippen LogP contribution in [0.15, 0.2) is 45.6 Å². The maximum atomic E-state index is 12.1. The van der Waals surface area contributed by atoms with Crippen molar-refractivity contribution in [2.45, 2.75) is 19.8 Å². The van der Waals surface area contributed by atoms with Gasteiger partial charge in [0.05, 0.1) is 20.8 Å². The summed E-state index contributed by atoms with van der Waals surface area (Å²) in [4.78, 5) is 17.8. The molecule has 0 aliphatic carbocycles. The zero-order chi connectivity index (χ0) is 16.2. The van der Waals surface area contributed by atoms with Crippen molar-refractivity contribution in [3.63, 3.8) is 0 Å². The number of nitrogens with one attached hydrogen (secondary N) is 1. The van der Waals surface area contributed by atoms with Gasteiger partial charge in [0.15, 0.2) is 0 Å². The highest BCUT2D eigenvalue weighted by atomic mass is 79.9. The molecule has 1 aromatic carbocycles. The van der Waals surface area contributed by atoms with Crippen molar-refractivity contribution in [1.82, 2.24) is 4.98 Å². The van der Waals surface area contributed by atoms with Gasteiger partial charge < -0.3 is 5.32 Å². The average Bonchev–Trinajstić information content (AvgIpc) is 3.17. The highest BCUT2D eigenvalue weighted by Gasteiger charge is 2.10. The molecule has 0 radical (unpaired) electrons. The summed E-state index contributed by atoms with van der Waals surface area (Å²) in [7, 11) is 0. The van der Waals surface area contributed by atoms with E-state index >= 15 is 0 Å². The van der Waals surface area contributed by atoms with Crippen LogP contribution in [0.25, 0.3) is 10.6 Å². The fourth-order valence-corrected chi connectivity index (χ4v) is 4.34. The molecule has 1 amide bonds. The van der Waals surface area contributed by atoms with Gasteiger partial charge in [-0.1, -0.05) is 19.1 Å². The molecule has 0 unspecified atom stereocenters. The van der Waals surface area contributed by atoms with E-state index in [-0.39, 0.29) is 5.91 Å². The van der Waals surface area contributed by atoms with Crippen molar-refractivity contribution in [2.24, 2.45) is 0 Å². The van der Waals surface area contributed by atoms with Crippen LogP contribution in [0.3, 0.4) is 0 Å². The predicted molar refractivity (Wildman–Crippen MR) is 101 cm³/mol. The Balaban J connectivity index is 1.62. The Hall–Kier alpha value is -1.50. The zero-order valence-electron chi connectivity index (χ0n) is 12.5. The van der Waals surface area contributed by atoms with E-state index in [1.807, 2.05) is 41.8 Å². The number of carbonyl (C=O) groups is 1. The van der Waals surface area contributed by atoms with E-state index in [0.717, 1.165) is 31.5 Å². The van der Waals surface area contributed by atoms with E-state index in [4.69, 9.17) is 0 Å². The number of aryl methyl sites for hydroxylation is 1. The van der Waals surface area contributed by atoms with Crippen LogP contribution in [0.5, 0.6) is 0 Å². The topological polar surface area (TPSA) is 42.0 Å². The number of aromatic nitrogens is 1. The Morgan fingerprint density at radius 1 is 1.22 bits per heavy atom. The number of thiophene rings is 1. The Morgan fingerprint density at radius 3 is 2.65 bits per heavy atom. The molecule has 0 spiro atoms. The van der Waals surface area contributed by atoms with E-state index in [9.17, 15) is 4.79 Å². The summed E-state index contributed by atoms with van der Waals surface area (Å²) in [6.07, 6.45) is 1.29. The van der Waals surface area contributed by atoms with Crippen molar-refractivity contribution in [2.75, 3.05) is 5.32 Å². The van der Waals surface area contributed by atoms with Gasteiger partial charge in [-0.3, -0.25) is 4.79 Å². The molecule has 0 aliphatic rings. The number of amides is 1. The van der Waals surface area contributed by atoms with Gasteiger partial charge in [0, 0.05) is 11.1 Å². The summed E-state index contributed by atoms with van der Waals surface area (Å²) in [5.74, 6) is -0.0393. The number of halogens is 1. The largest absolute Gasteiger partial charge is 0.326 e. The van der Waals surface area contributed by atoms with Crippen molar-refractivity contribution in [3.05, 3.63) is 56.1 Å². The number of thiazole rings is 1. The van der Waals surface area contributed by atoms with Gasteiger partial charge in [0.25, 0.3) is 0 Å². The minimum absolute atomic E-state index is 0.0393. The number of rotatable bonds is 5. The van der Waals surface area contributed by atoms with Crippen LogP contribution >= 0.6 is 38.6 Å². The first-order valence-corrected chi connectivity index (χ1v) is 9.72. The molecular weight excluding hydrogens is 392 g/mol. The van der Waals surface area contributed by atoms with Crippen LogP contribution in [-0.4, -0.2) is 10.9 Å². The first kappa shape index (κ1) is 16.4. The molecule has 3 aromatic rings. The van der Waals surface area contributed by atoms with Crippen LogP contribution < -0.4 is 5.32 Å². The lowest BCUT2D eigenvalue weighted by Crippen LogP contribution is -2.14. The Labute approximate surface area is 151 Å². The minimum Gasteiger partial charge on any atom is -0.326 e. The molecule has 6 heteroatoms. The van der Waals surface area contributed by atoms with Crippen LogP contribution in [0.1, 0.15) is 17.5 Å². The Morgan fingerprint density at radius 2 is 2.00 bits per heavy atom. The third kappa shape index (κ3) is 4.28. The maximum Gasteiger partial charge on any atom is 0.231 e. The van der Waals surface area contributed by atoms with Crippen molar-refractivity contribution >= 4 is 50.2 Å². The zero-order valence-corrected chi connectivity index (χ0v) is 15.7. The molecule has 0 fully saturated rings. The molecule has 0 aliphatic heterocycles. The van der Waals surface area contributed by atoms with Crippen molar-refractivity contribution < 1.29 is 4.79 Å². The van der Waals surface area contributed by atoms with E-state index in [2.05, 4.69) is 33.2 Å². The number of carbonyl (C=O) groups excluding carboxylic acids is 1. The lowest BCUT2D eigenvalue weighted by molar-refractivity contribution is -0.115. The Kier molecular flexibility index (Phi) is 5.25. The van der Waals surface area contributed by atoms with Crippen LogP contribution in [-0.2, 0) is 17.6 Å². The number of hydrogen-bond donors (Lipinski definition) is 1. The molecule has 0 saturated carbocycles. The van der Waals surface area contributed by atoms with Crippen molar-refractivity contribution in [3.8, 4) is 10.6 Å². The van der Waals surface area contributed by atoms with Gasteiger partial charge in [0.1, 0.15) is 5.01 Å². The molecule has 2 heterocycles. The highest BCUT2D eigenvalue weighted by molar-refractivity contribution is 9.11. The average molecular weight is 407 g/mol. The second-order valence-corrected chi connectivity index (χ2v) is 8.41. The second-order valence-electron chi connectivity index (χ2n) is 5.01. The molecule has 3 rings (SSSR count). The van der Waals surface area contributed by atoms with Gasteiger partial charge in [-0.15, -0.1) is 22.7 Å². The standard InChI is InChI=1S/C17H15BrN2OS2/c1-2-11-3-5-12(6-4-11)19-16(21)9-17-20-13(10-22-17)14-7-8-15(18)23-14/h3-8,10H,2,9H2,1H3,(H,19,21). The lowest BCUT2D eigenvalue weighted by Gasteiger charge is -2.04. The van der Waals surface area contributed by atoms with Crippen LogP contribution in [0, 0.1) is 0 Å². The SMILES string of the molecule is CCc1ccc(NC(=O)Cc2nc(-c3ccc(Br)s3)cs2)cc1. The highest BCUT2D eigenvalue weighted by Crippen LogP contribution is 2.31. The maximum absolute atomic E-state index is 12.1. The summed E-state index contributed by atoms with van der Waals surface area (Å²) < 4.78 is 1.08. The monoisotopic (exact) mass is 406 g/mol. The quantitative estimate of drug-likeness (QED) is 0.617. The number of nitrogens with zero attached hydrogens (tertiary/aromatic N) is 1. The molecule has 1 N–H and O–H groups in total. The smallest absolute Gasteiger partial charge is 0.231 e. The third-order valence-corrected chi connectivity index (χ3v) is 5.83. The molecule has 0 saturated heterocycles. The fraction of sp³-hybridized carbons (Fsp3) is 0.176. The van der Waals surface area contributed by atoms with Gasteiger partial charge in [-0.05, 0) is 52.2 Å². The summed E-state index contributed by atoms with van der Waals surface area (Å²) in [5, 5.41) is 5.74. The lowest BCUT2D eigenvalue weighted by atomic mass is 10.1. The molecule has 0 atom stereocenters. The van der Waals surface area contributed by atoms with Gasteiger partial charge in [-0.25, -0.2) is 4.98 Å². The van der Waals surface area contributed by atoms with Crippen molar-refractivity contribution in [1.29, 1.82) is 0 Å². The molecule has 2 aromatic heterocycles. The summed E-state index contributed by atoms with van der Waals surface area (Å²) in [5.41, 5.74) is 3.02. The van der Waals surface area contributed by atoms with Gasteiger partial charge in [0.2, 0.25) is 5.91 Å². The summed E-state index contributed by atoms with van der Waals surface area (Å²) in [6.45, 7) is 2.11. The minimum atomic E-state index is -0.0393. The fourth-order valence-electron chi connectivity index (χ4n) is 2.12. The summed E-state index contributed by atoms with van der Waals surface area (Å²) >= 11 is 6.61. The van der Waals surface area contributed by atoms with Crippen LogP contribution in [0.2, 0.25) is 0 Å². The normalized spacial score (nSPS) is 10.7. The van der Waals surface area contributed by atoms with Gasteiger partial charge >= 0.3 is 0 Å². The van der Waals surface area contributed by atoms with E-state index in [1.54, 1.807) is 11.3 Å². The number of hydrogen-bond acceptors (Lipinski definition) is 4. The van der Waals surface area contributed by atoms with E-state index in [1.165, 1.54) is 16.9 Å². The predicted octanol–water partition coefficient (Wildman–Crippen LogP) is 5.38. The molecule has 3 nitrogen and oxygen atoms in total. The third-order valence-electron chi connectivity index (χ3n) is 3.34. The molecule has 0 bridgehead atoms. The van der Waals surface area contributed by atoms with Crippen LogP contribution in [0.4, 0.5) is 5.69 Å². The van der Waals surface area contributed by atoms with Gasteiger partial charge in [-0.2, -0.15) is 0 Å². The molecule has 23 heavy (non-hydrogen) atoms. The van der Waals surface area contributed by atoms with E-state index in [0.29, 0.717) is 6.42 Å². The number of benzene rings is 1. The first-order chi connectivity index (χ1) is 11.1.